The van der Waals surface area contributed by atoms with E-state index >= 15 is 0 Å². The smallest absolute Gasteiger partial charge is 0.184 e. The molecule has 0 radical (unpaired) electrons. The normalized spacial score (nSPS) is 32.7. The van der Waals surface area contributed by atoms with E-state index in [0.717, 1.165) is 0 Å². The van der Waals surface area contributed by atoms with Gasteiger partial charge in [-0.15, -0.1) is 0 Å². The van der Waals surface area contributed by atoms with Gasteiger partial charge in [0, 0.05) is 0 Å². The van der Waals surface area contributed by atoms with Gasteiger partial charge in [-0.2, -0.15) is 0 Å². The van der Waals surface area contributed by atoms with Crippen molar-refractivity contribution >= 4 is 8.32 Å². The molecule has 1 saturated heterocycles. The first-order valence-corrected chi connectivity index (χ1v) is 7.41. The van der Waals surface area contributed by atoms with Crippen LogP contribution in [0.3, 0.4) is 0 Å². The third-order valence-electron chi connectivity index (χ3n) is 1.57. The molecule has 0 aromatic carbocycles. The van der Waals surface area contributed by atoms with Crippen LogP contribution >= 0.6 is 0 Å². The monoisotopic (exact) mass is 175 g/mol. The Labute approximate surface area is 69.0 Å². The lowest BCUT2D eigenvalue weighted by atomic mass is 10.2. The Morgan fingerprint density at radius 1 is 1.36 bits per heavy atom. The van der Waals surface area contributed by atoms with Gasteiger partial charge in [-0.3, -0.25) is 0 Å². The highest BCUT2D eigenvalue weighted by Crippen LogP contribution is 2.14. The molecule has 0 spiro atoms. The fraction of sp³-hybridized carbons (Fsp3) is 1.00. The van der Waals surface area contributed by atoms with Crippen molar-refractivity contribution in [3.63, 3.8) is 0 Å². The van der Waals surface area contributed by atoms with Crippen LogP contribution in [0.5, 0.6) is 0 Å². The molecule has 0 aromatic rings. The molecular weight excluding hydrogens is 158 g/mol. The minimum atomic E-state index is -1.42. The van der Waals surface area contributed by atoms with Crippen LogP contribution < -0.4 is 5.73 Å². The van der Waals surface area contributed by atoms with Crippen LogP contribution in [0, 0.1) is 0 Å². The average Bonchev–Trinajstić information content (AvgIpc) is 2.12. The second-order valence-electron chi connectivity index (χ2n) is 3.97. The van der Waals surface area contributed by atoms with E-state index in [4.69, 9.17) is 14.9 Å². The van der Waals surface area contributed by atoms with E-state index in [0.29, 0.717) is 13.2 Å². The minimum Gasteiger partial charge on any atom is -0.411 e. The van der Waals surface area contributed by atoms with Gasteiger partial charge in [0.15, 0.2) is 8.32 Å². The Morgan fingerprint density at radius 3 is 2.36 bits per heavy atom. The standard InChI is InChI=1S/C7H17NO2Si/c1-11(2,3)10-7-5-9-4-6(7)8/h6-7H,4-5,8H2,1-3H3/t6-,7-/m0/s1. The Kier molecular flexibility index (Phi) is 2.69. The number of ether oxygens (including phenoxy) is 1. The summed E-state index contributed by atoms with van der Waals surface area (Å²) in [6.07, 6.45) is 0.140. The van der Waals surface area contributed by atoms with Gasteiger partial charge in [0.1, 0.15) is 0 Å². The van der Waals surface area contributed by atoms with Crippen molar-refractivity contribution in [2.24, 2.45) is 5.73 Å². The Bertz CT molecular complexity index is 135. The van der Waals surface area contributed by atoms with Gasteiger partial charge >= 0.3 is 0 Å². The van der Waals surface area contributed by atoms with Crippen LogP contribution in [-0.2, 0) is 9.16 Å². The van der Waals surface area contributed by atoms with Crippen molar-refractivity contribution in [3.8, 4) is 0 Å². The number of nitrogens with two attached hydrogens (primary N) is 1. The van der Waals surface area contributed by atoms with Gasteiger partial charge in [0.2, 0.25) is 0 Å². The third kappa shape index (κ3) is 2.90. The maximum absolute atomic E-state index is 5.80. The molecule has 1 rings (SSSR count). The summed E-state index contributed by atoms with van der Waals surface area (Å²) in [6, 6.07) is 0.0849. The fourth-order valence-corrected chi connectivity index (χ4v) is 2.28. The molecule has 66 valence electrons. The lowest BCUT2D eigenvalue weighted by Crippen LogP contribution is -2.42. The van der Waals surface area contributed by atoms with E-state index in [2.05, 4.69) is 19.6 Å². The predicted molar refractivity (Wildman–Crippen MR) is 47.0 cm³/mol. The molecule has 3 nitrogen and oxygen atoms in total. The molecule has 11 heavy (non-hydrogen) atoms. The van der Waals surface area contributed by atoms with Gasteiger partial charge < -0.3 is 14.9 Å². The Morgan fingerprint density at radius 2 is 2.00 bits per heavy atom. The molecule has 0 amide bonds. The number of hydrogen-bond donors (Lipinski definition) is 1. The van der Waals surface area contributed by atoms with Crippen LogP contribution in [0.2, 0.25) is 19.6 Å². The summed E-state index contributed by atoms with van der Waals surface area (Å²) < 4.78 is 11.0. The van der Waals surface area contributed by atoms with E-state index < -0.39 is 8.32 Å². The van der Waals surface area contributed by atoms with Gasteiger partial charge in [0.05, 0.1) is 25.4 Å². The Hall–Kier alpha value is 0.0969. The zero-order valence-electron chi connectivity index (χ0n) is 7.46. The number of hydrogen-bond acceptors (Lipinski definition) is 3. The van der Waals surface area contributed by atoms with Crippen molar-refractivity contribution in [2.45, 2.75) is 31.8 Å². The zero-order valence-corrected chi connectivity index (χ0v) is 8.46. The Balaban J connectivity index is 2.37. The molecule has 0 saturated carbocycles. The van der Waals surface area contributed by atoms with Gasteiger partial charge in [-0.25, -0.2) is 0 Å². The zero-order chi connectivity index (χ0) is 8.48. The molecule has 0 aliphatic carbocycles. The fourth-order valence-electron chi connectivity index (χ4n) is 1.13. The van der Waals surface area contributed by atoms with Crippen LogP contribution in [0.1, 0.15) is 0 Å². The molecule has 1 fully saturated rings. The quantitative estimate of drug-likeness (QED) is 0.624. The first-order chi connectivity index (χ1) is 4.99. The summed E-state index contributed by atoms with van der Waals surface area (Å²) in [5.74, 6) is 0. The molecule has 2 atom stereocenters. The van der Waals surface area contributed by atoms with Gasteiger partial charge in [-0.05, 0) is 19.6 Å². The maximum Gasteiger partial charge on any atom is 0.184 e. The highest BCUT2D eigenvalue weighted by molar-refractivity contribution is 6.69. The van der Waals surface area contributed by atoms with Crippen molar-refractivity contribution in [1.29, 1.82) is 0 Å². The van der Waals surface area contributed by atoms with Crippen LogP contribution in [0.25, 0.3) is 0 Å². The van der Waals surface area contributed by atoms with Crippen LogP contribution in [0.4, 0.5) is 0 Å². The molecule has 4 heteroatoms. The average molecular weight is 175 g/mol. The molecule has 2 N–H and O–H groups in total. The third-order valence-corrected chi connectivity index (χ3v) is 2.58. The first kappa shape index (κ1) is 9.19. The van der Waals surface area contributed by atoms with Gasteiger partial charge in [-0.1, -0.05) is 0 Å². The summed E-state index contributed by atoms with van der Waals surface area (Å²) in [6.45, 7) is 7.81. The van der Waals surface area contributed by atoms with E-state index in [1.54, 1.807) is 0 Å². The molecule has 1 aliphatic heterocycles. The van der Waals surface area contributed by atoms with E-state index in [1.165, 1.54) is 0 Å². The topological polar surface area (TPSA) is 44.5 Å². The van der Waals surface area contributed by atoms with Gasteiger partial charge in [0.25, 0.3) is 0 Å². The van der Waals surface area contributed by atoms with E-state index in [-0.39, 0.29) is 12.1 Å². The summed E-state index contributed by atoms with van der Waals surface area (Å²) >= 11 is 0. The first-order valence-electron chi connectivity index (χ1n) is 4.00. The lowest BCUT2D eigenvalue weighted by molar-refractivity contribution is 0.136. The maximum atomic E-state index is 5.80. The van der Waals surface area contributed by atoms with E-state index in [1.807, 2.05) is 0 Å². The minimum absolute atomic E-state index is 0.0849. The summed E-state index contributed by atoms with van der Waals surface area (Å²) in [5.41, 5.74) is 5.76. The molecule has 0 bridgehead atoms. The lowest BCUT2D eigenvalue weighted by Gasteiger charge is -2.24. The van der Waals surface area contributed by atoms with Crippen LogP contribution in [-0.4, -0.2) is 33.7 Å². The van der Waals surface area contributed by atoms with Crippen LogP contribution in [0.15, 0.2) is 0 Å². The van der Waals surface area contributed by atoms with Crippen molar-refractivity contribution in [1.82, 2.24) is 0 Å². The number of rotatable bonds is 2. The largest absolute Gasteiger partial charge is 0.411 e. The summed E-state index contributed by atoms with van der Waals surface area (Å²) in [4.78, 5) is 0. The summed E-state index contributed by atoms with van der Waals surface area (Å²) in [7, 11) is -1.42. The highest BCUT2D eigenvalue weighted by atomic mass is 28.4. The van der Waals surface area contributed by atoms with E-state index in [9.17, 15) is 0 Å². The molecule has 0 aromatic heterocycles. The second kappa shape index (κ2) is 3.22. The van der Waals surface area contributed by atoms with Crippen molar-refractivity contribution in [3.05, 3.63) is 0 Å². The van der Waals surface area contributed by atoms with Crippen molar-refractivity contribution in [2.75, 3.05) is 13.2 Å². The SMILES string of the molecule is C[Si](C)(C)O[C@H]1COC[C@@H]1N. The van der Waals surface area contributed by atoms with Crippen molar-refractivity contribution < 1.29 is 9.16 Å². The second-order valence-corrected chi connectivity index (χ2v) is 8.43. The predicted octanol–water partition coefficient (Wildman–Crippen LogP) is 0.564. The molecule has 1 aliphatic rings. The highest BCUT2D eigenvalue weighted by Gasteiger charge is 2.30. The molecule has 0 unspecified atom stereocenters. The summed E-state index contributed by atoms with van der Waals surface area (Å²) in [5, 5.41) is 0. The molecular formula is C7H17NO2Si. The molecule has 1 heterocycles.